The van der Waals surface area contributed by atoms with Gasteiger partial charge in [-0.2, -0.15) is 13.2 Å². The highest BCUT2D eigenvalue weighted by atomic mass is 32.1. The molecule has 2 aromatic rings. The van der Waals surface area contributed by atoms with Crippen molar-refractivity contribution in [2.45, 2.75) is 12.7 Å². The summed E-state index contributed by atoms with van der Waals surface area (Å²) in [4.78, 5) is 11.2. The summed E-state index contributed by atoms with van der Waals surface area (Å²) in [6.45, 7) is -1.26. The van der Waals surface area contributed by atoms with Gasteiger partial charge in [0.25, 0.3) is 0 Å². The molecule has 0 bridgehead atoms. The summed E-state index contributed by atoms with van der Waals surface area (Å²) in [5.74, 6) is -1.12. The summed E-state index contributed by atoms with van der Waals surface area (Å²) in [6.07, 6.45) is -4.31. The largest absolute Gasteiger partial charge is 0.477 e. The Bertz CT molecular complexity index is 607. The van der Waals surface area contributed by atoms with Crippen LogP contribution in [0, 0.1) is 0 Å². The number of rotatable bonds is 4. The minimum absolute atomic E-state index is 0.0795. The molecule has 0 saturated heterocycles. The highest BCUT2D eigenvalue weighted by molar-refractivity contribution is 7.21. The second-order valence-electron chi connectivity index (χ2n) is 3.93. The Morgan fingerprint density at radius 3 is 2.63 bits per heavy atom. The maximum Gasteiger partial charge on any atom is 0.401 e. The lowest BCUT2D eigenvalue weighted by atomic mass is 10.1. The molecule has 19 heavy (non-hydrogen) atoms. The molecule has 3 nitrogen and oxygen atoms in total. The molecule has 0 amide bonds. The zero-order valence-corrected chi connectivity index (χ0v) is 10.4. The number of aromatic carboxylic acids is 1. The number of carboxylic acids is 1. The van der Waals surface area contributed by atoms with Gasteiger partial charge in [0.1, 0.15) is 4.88 Å². The van der Waals surface area contributed by atoms with Crippen LogP contribution in [0.2, 0.25) is 0 Å². The molecular formula is C12H10F3NO2S. The topological polar surface area (TPSA) is 49.3 Å². The van der Waals surface area contributed by atoms with Crippen molar-refractivity contribution < 1.29 is 23.1 Å². The molecule has 2 rings (SSSR count). The van der Waals surface area contributed by atoms with Crippen LogP contribution in [0.25, 0.3) is 10.1 Å². The number of halogens is 3. The van der Waals surface area contributed by atoms with Crippen LogP contribution in [0.5, 0.6) is 0 Å². The van der Waals surface area contributed by atoms with Crippen molar-refractivity contribution >= 4 is 27.4 Å². The predicted octanol–water partition coefficient (Wildman–Crippen LogP) is 3.25. The van der Waals surface area contributed by atoms with Gasteiger partial charge in [-0.25, -0.2) is 4.79 Å². The van der Waals surface area contributed by atoms with Crippen LogP contribution in [-0.4, -0.2) is 23.8 Å². The van der Waals surface area contributed by atoms with Gasteiger partial charge in [0, 0.05) is 11.2 Å². The van der Waals surface area contributed by atoms with Gasteiger partial charge in [-0.1, -0.05) is 18.2 Å². The fourth-order valence-corrected chi connectivity index (χ4v) is 2.84. The second-order valence-corrected chi connectivity index (χ2v) is 4.98. The van der Waals surface area contributed by atoms with Crippen molar-refractivity contribution in [1.29, 1.82) is 0 Å². The Kier molecular flexibility index (Phi) is 3.77. The first-order chi connectivity index (χ1) is 8.88. The highest BCUT2D eigenvalue weighted by Crippen LogP contribution is 2.31. The van der Waals surface area contributed by atoms with Crippen molar-refractivity contribution in [2.24, 2.45) is 0 Å². The van der Waals surface area contributed by atoms with Crippen molar-refractivity contribution in [3.05, 3.63) is 34.7 Å². The minimum atomic E-state index is -4.31. The fraction of sp³-hybridized carbons (Fsp3) is 0.250. The highest BCUT2D eigenvalue weighted by Gasteiger charge is 2.27. The van der Waals surface area contributed by atoms with E-state index in [1.807, 2.05) is 0 Å². The molecule has 1 aromatic heterocycles. The Hall–Kier alpha value is -1.60. The van der Waals surface area contributed by atoms with Crippen LogP contribution in [0.15, 0.2) is 24.3 Å². The van der Waals surface area contributed by atoms with Gasteiger partial charge < -0.3 is 10.4 Å². The molecule has 0 aliphatic rings. The van der Waals surface area contributed by atoms with Crippen LogP contribution in [0.4, 0.5) is 13.2 Å². The standard InChI is InChI=1S/C12H10F3NO2S/c13-12(14,15)6-16-5-8-7-3-1-2-4-9(7)19-10(8)11(17)18/h1-4,16H,5-6H2,(H,17,18). The van der Waals surface area contributed by atoms with Crippen LogP contribution in [0.3, 0.4) is 0 Å². The maximum atomic E-state index is 12.1. The van der Waals surface area contributed by atoms with Crippen LogP contribution >= 0.6 is 11.3 Å². The molecule has 1 aromatic carbocycles. The lowest BCUT2D eigenvalue weighted by Crippen LogP contribution is -2.28. The van der Waals surface area contributed by atoms with Gasteiger partial charge >= 0.3 is 12.1 Å². The number of hydrogen-bond acceptors (Lipinski definition) is 3. The molecule has 7 heteroatoms. The molecule has 2 N–H and O–H groups in total. The van der Waals surface area contributed by atoms with Gasteiger partial charge in [-0.3, -0.25) is 0 Å². The molecule has 0 spiro atoms. The molecule has 0 atom stereocenters. The van der Waals surface area contributed by atoms with E-state index in [9.17, 15) is 18.0 Å². The molecule has 0 saturated carbocycles. The monoisotopic (exact) mass is 289 g/mol. The molecule has 0 radical (unpaired) electrons. The summed E-state index contributed by atoms with van der Waals surface area (Å²) in [5.41, 5.74) is 0.400. The lowest BCUT2D eigenvalue weighted by molar-refractivity contribution is -0.125. The smallest absolute Gasteiger partial charge is 0.401 e. The van der Waals surface area contributed by atoms with Crippen LogP contribution < -0.4 is 5.32 Å². The molecule has 1 heterocycles. The summed E-state index contributed by atoms with van der Waals surface area (Å²) in [5, 5.41) is 12.0. The Morgan fingerprint density at radius 2 is 2.00 bits per heavy atom. The normalized spacial score (nSPS) is 11.9. The van der Waals surface area contributed by atoms with Gasteiger partial charge in [0.05, 0.1) is 6.54 Å². The van der Waals surface area contributed by atoms with E-state index in [2.05, 4.69) is 5.32 Å². The number of fused-ring (bicyclic) bond motifs is 1. The zero-order valence-electron chi connectivity index (χ0n) is 9.62. The van der Waals surface area contributed by atoms with Crippen molar-refractivity contribution in [1.82, 2.24) is 5.32 Å². The predicted molar refractivity (Wildman–Crippen MR) is 66.5 cm³/mol. The minimum Gasteiger partial charge on any atom is -0.477 e. The number of benzene rings is 1. The van der Waals surface area contributed by atoms with E-state index >= 15 is 0 Å². The summed E-state index contributed by atoms with van der Waals surface area (Å²) in [6, 6.07) is 6.95. The van der Waals surface area contributed by atoms with Crippen molar-refractivity contribution in [3.63, 3.8) is 0 Å². The third-order valence-electron chi connectivity index (χ3n) is 2.52. The third-order valence-corrected chi connectivity index (χ3v) is 3.72. The van der Waals surface area contributed by atoms with E-state index in [1.54, 1.807) is 24.3 Å². The summed E-state index contributed by atoms with van der Waals surface area (Å²) >= 11 is 1.07. The number of alkyl halides is 3. The SMILES string of the molecule is O=C(O)c1sc2ccccc2c1CNCC(F)(F)F. The first-order valence-corrected chi connectivity index (χ1v) is 6.21. The quantitative estimate of drug-likeness (QED) is 0.908. The average Bonchev–Trinajstić information content (AvgIpc) is 2.67. The fourth-order valence-electron chi connectivity index (χ4n) is 1.78. The zero-order chi connectivity index (χ0) is 14.0. The van der Waals surface area contributed by atoms with Gasteiger partial charge in [0.2, 0.25) is 0 Å². The maximum absolute atomic E-state index is 12.1. The Balaban J connectivity index is 2.29. The average molecular weight is 289 g/mol. The molecular weight excluding hydrogens is 279 g/mol. The number of carbonyl (C=O) groups is 1. The van der Waals surface area contributed by atoms with E-state index in [-0.39, 0.29) is 11.4 Å². The van der Waals surface area contributed by atoms with Crippen molar-refractivity contribution in [2.75, 3.05) is 6.54 Å². The number of hydrogen-bond donors (Lipinski definition) is 2. The second kappa shape index (κ2) is 5.18. The number of carboxylic acid groups (broad SMARTS) is 1. The first-order valence-electron chi connectivity index (χ1n) is 5.39. The van der Waals surface area contributed by atoms with Gasteiger partial charge in [-0.05, 0) is 17.0 Å². The van der Waals surface area contributed by atoms with E-state index < -0.39 is 18.7 Å². The lowest BCUT2D eigenvalue weighted by Gasteiger charge is -2.08. The van der Waals surface area contributed by atoms with Gasteiger partial charge in [0.15, 0.2) is 0 Å². The van der Waals surface area contributed by atoms with E-state index in [0.717, 1.165) is 16.0 Å². The molecule has 0 aliphatic heterocycles. The van der Waals surface area contributed by atoms with E-state index in [4.69, 9.17) is 5.11 Å². The van der Waals surface area contributed by atoms with Gasteiger partial charge in [-0.15, -0.1) is 11.3 Å². The Morgan fingerprint density at radius 1 is 1.32 bits per heavy atom. The molecule has 102 valence electrons. The van der Waals surface area contributed by atoms with E-state index in [1.165, 1.54) is 0 Å². The van der Waals surface area contributed by atoms with Crippen LogP contribution in [-0.2, 0) is 6.54 Å². The Labute approximate surface area is 110 Å². The van der Waals surface area contributed by atoms with Crippen molar-refractivity contribution in [3.8, 4) is 0 Å². The first kappa shape index (κ1) is 13.8. The molecule has 0 fully saturated rings. The molecule has 0 aliphatic carbocycles. The van der Waals surface area contributed by atoms with Crippen LogP contribution in [0.1, 0.15) is 15.2 Å². The third kappa shape index (κ3) is 3.24. The molecule has 0 unspecified atom stereocenters. The summed E-state index contributed by atoms with van der Waals surface area (Å²) < 4.78 is 37.0. The summed E-state index contributed by atoms with van der Waals surface area (Å²) in [7, 11) is 0. The van der Waals surface area contributed by atoms with E-state index in [0.29, 0.717) is 10.9 Å². The number of thiophene rings is 1. The number of nitrogens with one attached hydrogen (secondary N) is 1.